The van der Waals surface area contributed by atoms with Crippen LogP contribution in [-0.2, 0) is 9.59 Å². The Balaban J connectivity index is 2.58. The molecular weight excluding hydrogens is 226 g/mol. The van der Waals surface area contributed by atoms with Gasteiger partial charge in [0.25, 0.3) is 0 Å². The highest BCUT2D eigenvalue weighted by Crippen LogP contribution is 2.09. The van der Waals surface area contributed by atoms with Crippen LogP contribution in [0.4, 0.5) is 0 Å². The molecule has 1 aliphatic heterocycles. The molecule has 1 saturated heterocycles. The number of amides is 2. The summed E-state index contributed by atoms with van der Waals surface area (Å²) >= 11 is 4.74. The van der Waals surface area contributed by atoms with Crippen molar-refractivity contribution in [3.05, 3.63) is 0 Å². The molecule has 90 valence electrons. The maximum Gasteiger partial charge on any atom is 0.312 e. The molecule has 0 aromatic rings. The van der Waals surface area contributed by atoms with Gasteiger partial charge in [-0.3, -0.25) is 9.59 Å². The molecule has 1 fully saturated rings. The Kier molecular flexibility index (Phi) is 4.23. The highest BCUT2D eigenvalue weighted by Gasteiger charge is 2.33. The van der Waals surface area contributed by atoms with E-state index in [-0.39, 0.29) is 6.04 Å². The number of carbonyl (C=O) groups is 2. The van der Waals surface area contributed by atoms with Crippen LogP contribution in [0.2, 0.25) is 0 Å². The van der Waals surface area contributed by atoms with E-state index in [1.54, 1.807) is 4.90 Å². The first-order valence-electron chi connectivity index (χ1n) is 5.31. The topological polar surface area (TPSA) is 66.6 Å². The lowest BCUT2D eigenvalue weighted by atomic mass is 10.2. The van der Waals surface area contributed by atoms with Gasteiger partial charge in [-0.1, -0.05) is 12.2 Å². The summed E-state index contributed by atoms with van der Waals surface area (Å²) in [6.45, 7) is 5.38. The van der Waals surface area contributed by atoms with Crippen molar-refractivity contribution < 1.29 is 9.59 Å². The summed E-state index contributed by atoms with van der Waals surface area (Å²) in [5.41, 5.74) is 5.36. The van der Waals surface area contributed by atoms with E-state index in [9.17, 15) is 9.59 Å². The van der Waals surface area contributed by atoms with Crippen LogP contribution in [0.15, 0.2) is 0 Å². The van der Waals surface area contributed by atoms with Crippen molar-refractivity contribution >= 4 is 29.0 Å². The van der Waals surface area contributed by atoms with Crippen molar-refractivity contribution in [3.63, 3.8) is 0 Å². The number of rotatable bonds is 4. The van der Waals surface area contributed by atoms with Gasteiger partial charge in [0.2, 0.25) is 0 Å². The van der Waals surface area contributed by atoms with E-state index in [1.807, 2.05) is 13.8 Å². The Morgan fingerprint density at radius 1 is 1.38 bits per heavy atom. The maximum absolute atomic E-state index is 11.7. The lowest BCUT2D eigenvalue weighted by Crippen LogP contribution is -2.56. The van der Waals surface area contributed by atoms with Crippen molar-refractivity contribution in [3.8, 4) is 0 Å². The Bertz CT molecular complexity index is 317. The average molecular weight is 243 g/mol. The third-order valence-electron chi connectivity index (χ3n) is 2.59. The fourth-order valence-electron chi connectivity index (χ4n) is 1.64. The largest absolute Gasteiger partial charge is 0.393 e. The van der Waals surface area contributed by atoms with Crippen LogP contribution >= 0.6 is 12.2 Å². The summed E-state index contributed by atoms with van der Waals surface area (Å²) in [4.78, 5) is 26.9. The van der Waals surface area contributed by atoms with Gasteiger partial charge in [0.05, 0.1) is 4.99 Å². The molecule has 0 saturated carbocycles. The molecule has 1 heterocycles. The van der Waals surface area contributed by atoms with E-state index in [2.05, 4.69) is 0 Å². The zero-order valence-corrected chi connectivity index (χ0v) is 10.4. The molecule has 0 spiro atoms. The second-order valence-corrected chi connectivity index (χ2v) is 4.63. The first-order chi connectivity index (χ1) is 7.43. The summed E-state index contributed by atoms with van der Waals surface area (Å²) in [6, 6.07) is 0.0641. The number of carbonyl (C=O) groups excluding carboxylic acids is 2. The molecule has 2 N–H and O–H groups in total. The molecule has 6 heteroatoms. The Labute approximate surface area is 101 Å². The third kappa shape index (κ3) is 2.91. The van der Waals surface area contributed by atoms with Crippen LogP contribution < -0.4 is 5.73 Å². The molecule has 16 heavy (non-hydrogen) atoms. The third-order valence-corrected chi connectivity index (χ3v) is 2.80. The van der Waals surface area contributed by atoms with Crippen LogP contribution in [0.5, 0.6) is 0 Å². The number of nitrogens with two attached hydrogens (primary N) is 1. The van der Waals surface area contributed by atoms with Crippen LogP contribution in [0.3, 0.4) is 0 Å². The maximum atomic E-state index is 11.7. The molecule has 1 rings (SSSR count). The minimum Gasteiger partial charge on any atom is -0.393 e. The van der Waals surface area contributed by atoms with E-state index >= 15 is 0 Å². The van der Waals surface area contributed by atoms with Gasteiger partial charge in [0, 0.05) is 32.1 Å². The van der Waals surface area contributed by atoms with Crippen LogP contribution in [0.1, 0.15) is 20.3 Å². The smallest absolute Gasteiger partial charge is 0.312 e. The summed E-state index contributed by atoms with van der Waals surface area (Å²) in [7, 11) is 0. The van der Waals surface area contributed by atoms with Gasteiger partial charge in [0.1, 0.15) is 0 Å². The molecular formula is C10H17N3O2S. The highest BCUT2D eigenvalue weighted by atomic mass is 32.1. The van der Waals surface area contributed by atoms with Crippen molar-refractivity contribution in [2.24, 2.45) is 5.73 Å². The minimum atomic E-state index is -0.448. The molecule has 0 radical (unpaired) electrons. The number of hydrogen-bond donors (Lipinski definition) is 1. The fourth-order valence-corrected chi connectivity index (χ4v) is 1.73. The number of nitrogens with zero attached hydrogens (tertiary/aromatic N) is 2. The molecule has 5 nitrogen and oxygen atoms in total. The number of hydrogen-bond acceptors (Lipinski definition) is 3. The molecule has 0 aliphatic carbocycles. The monoisotopic (exact) mass is 243 g/mol. The summed E-state index contributed by atoms with van der Waals surface area (Å²) < 4.78 is 0. The van der Waals surface area contributed by atoms with Crippen molar-refractivity contribution in [1.82, 2.24) is 9.80 Å². The van der Waals surface area contributed by atoms with Crippen LogP contribution in [0, 0.1) is 0 Å². The Morgan fingerprint density at radius 2 is 2.00 bits per heavy atom. The zero-order chi connectivity index (χ0) is 12.3. The predicted octanol–water partition coefficient (Wildman–Crippen LogP) is -0.258. The van der Waals surface area contributed by atoms with E-state index < -0.39 is 11.8 Å². The van der Waals surface area contributed by atoms with Gasteiger partial charge in [0.15, 0.2) is 0 Å². The lowest BCUT2D eigenvalue weighted by Gasteiger charge is -2.35. The van der Waals surface area contributed by atoms with Gasteiger partial charge in [-0.25, -0.2) is 0 Å². The molecule has 0 unspecified atom stereocenters. The predicted molar refractivity (Wildman–Crippen MR) is 64.8 cm³/mol. The Hall–Kier alpha value is -1.17. The molecule has 0 aromatic heterocycles. The molecule has 0 atom stereocenters. The molecule has 1 aliphatic rings. The van der Waals surface area contributed by atoms with E-state index in [4.69, 9.17) is 18.0 Å². The highest BCUT2D eigenvalue weighted by molar-refractivity contribution is 7.80. The zero-order valence-electron chi connectivity index (χ0n) is 9.60. The Morgan fingerprint density at radius 3 is 2.50 bits per heavy atom. The summed E-state index contributed by atoms with van der Waals surface area (Å²) in [5.74, 6) is -0.875. The van der Waals surface area contributed by atoms with E-state index in [1.165, 1.54) is 4.90 Å². The normalized spacial score (nSPS) is 17.2. The van der Waals surface area contributed by atoms with Gasteiger partial charge < -0.3 is 15.5 Å². The summed E-state index contributed by atoms with van der Waals surface area (Å²) in [5, 5.41) is 0. The van der Waals surface area contributed by atoms with Gasteiger partial charge in [-0.15, -0.1) is 0 Å². The van der Waals surface area contributed by atoms with Crippen LogP contribution in [-0.4, -0.2) is 52.3 Å². The van der Waals surface area contributed by atoms with Gasteiger partial charge in [-0.05, 0) is 13.8 Å². The van der Waals surface area contributed by atoms with Crippen molar-refractivity contribution in [1.29, 1.82) is 0 Å². The van der Waals surface area contributed by atoms with E-state index in [0.717, 1.165) is 0 Å². The van der Waals surface area contributed by atoms with Crippen LogP contribution in [0.25, 0.3) is 0 Å². The number of piperazine rings is 1. The second-order valence-electron chi connectivity index (χ2n) is 4.10. The quantitative estimate of drug-likeness (QED) is 0.546. The van der Waals surface area contributed by atoms with Crippen molar-refractivity contribution in [2.45, 2.75) is 26.3 Å². The lowest BCUT2D eigenvalue weighted by molar-refractivity contribution is -0.157. The minimum absolute atomic E-state index is 0.0641. The SMILES string of the molecule is CC(C)N1CCN(CCC(N)=S)C(=O)C1=O. The van der Waals surface area contributed by atoms with E-state index in [0.29, 0.717) is 31.0 Å². The fraction of sp³-hybridized carbons (Fsp3) is 0.700. The number of thiocarbonyl (C=S) groups is 1. The first-order valence-corrected chi connectivity index (χ1v) is 5.72. The van der Waals surface area contributed by atoms with Gasteiger partial charge in [-0.2, -0.15) is 0 Å². The second kappa shape index (κ2) is 5.25. The first kappa shape index (κ1) is 12.9. The molecule has 0 bridgehead atoms. The standard InChI is InChI=1S/C10H17N3O2S/c1-7(2)13-6-5-12(4-3-8(11)16)9(14)10(13)15/h7H,3-6H2,1-2H3,(H2,11,16). The average Bonchev–Trinajstić information content (AvgIpc) is 2.19. The van der Waals surface area contributed by atoms with Crippen molar-refractivity contribution in [2.75, 3.05) is 19.6 Å². The molecule has 2 amide bonds. The van der Waals surface area contributed by atoms with Gasteiger partial charge >= 0.3 is 11.8 Å². The molecule has 0 aromatic carbocycles. The summed E-state index contributed by atoms with van der Waals surface area (Å²) in [6.07, 6.45) is 0.468.